The summed E-state index contributed by atoms with van der Waals surface area (Å²) in [5.41, 5.74) is -1.26. The van der Waals surface area contributed by atoms with Crippen LogP contribution in [0, 0.1) is 11.8 Å². The Morgan fingerprint density at radius 3 is 1.15 bits per heavy atom. The first-order chi connectivity index (χ1) is 19.2. The molecule has 0 heterocycles. The normalized spacial score (nSPS) is 10.1. The van der Waals surface area contributed by atoms with Gasteiger partial charge in [-0.15, -0.1) is 0 Å². The quantitative estimate of drug-likeness (QED) is 0.211. The largest absolute Gasteiger partial charge is 0.478 e. The van der Waals surface area contributed by atoms with Gasteiger partial charge in [-0.3, -0.25) is 0 Å². The maximum Gasteiger partial charge on any atom is 0.340 e. The lowest BCUT2D eigenvalue weighted by atomic mass is 10.1. The standard InChI is InChI=1S/C30H18O10/c31-27(32)19-9-5-13-23(25(19)29(35)36)39-21-11-3-1-7-17(21)15-16-18-8-2-4-12-22(18)40-24-14-6-10-20(28(33)34)26(24)30(37)38/h1-14H,(H,31,32)(H,33,34)(H,35,36)(H,37,38). The van der Waals surface area contributed by atoms with Crippen LogP contribution in [0.1, 0.15) is 52.6 Å². The second-order valence-corrected chi connectivity index (χ2v) is 8.02. The molecule has 0 bridgehead atoms. The van der Waals surface area contributed by atoms with Crippen LogP contribution in [-0.2, 0) is 0 Å². The van der Waals surface area contributed by atoms with E-state index in [2.05, 4.69) is 11.8 Å². The number of aromatic carboxylic acids is 4. The first-order valence-corrected chi connectivity index (χ1v) is 11.4. The van der Waals surface area contributed by atoms with E-state index in [1.165, 1.54) is 36.4 Å². The topological polar surface area (TPSA) is 168 Å². The summed E-state index contributed by atoms with van der Waals surface area (Å²) in [7, 11) is 0. The third kappa shape index (κ3) is 5.74. The van der Waals surface area contributed by atoms with Crippen molar-refractivity contribution in [3.05, 3.63) is 118 Å². The first-order valence-electron chi connectivity index (χ1n) is 11.4. The van der Waals surface area contributed by atoms with Gasteiger partial charge in [0.1, 0.15) is 34.1 Å². The summed E-state index contributed by atoms with van der Waals surface area (Å²) in [4.78, 5) is 46.6. The molecule has 198 valence electrons. The van der Waals surface area contributed by atoms with E-state index >= 15 is 0 Å². The molecule has 0 spiro atoms. The number of hydrogen-bond donors (Lipinski definition) is 4. The second kappa shape index (κ2) is 11.5. The average molecular weight is 538 g/mol. The number of ether oxygens (including phenoxy) is 2. The Hall–Kier alpha value is -6.08. The Kier molecular flexibility index (Phi) is 7.78. The summed E-state index contributed by atoms with van der Waals surface area (Å²) < 4.78 is 11.6. The van der Waals surface area contributed by atoms with E-state index in [9.17, 15) is 39.6 Å². The number of para-hydroxylation sites is 2. The fraction of sp³-hybridized carbons (Fsp3) is 0. The van der Waals surface area contributed by atoms with Gasteiger partial charge in [-0.1, -0.05) is 48.2 Å². The summed E-state index contributed by atoms with van der Waals surface area (Å²) in [6.07, 6.45) is 0. The number of carboxylic acid groups (broad SMARTS) is 4. The highest BCUT2D eigenvalue weighted by Gasteiger charge is 2.23. The van der Waals surface area contributed by atoms with Crippen LogP contribution in [-0.4, -0.2) is 44.3 Å². The van der Waals surface area contributed by atoms with E-state index in [1.54, 1.807) is 36.4 Å². The molecule has 10 nitrogen and oxygen atoms in total. The van der Waals surface area contributed by atoms with Crippen molar-refractivity contribution in [1.82, 2.24) is 0 Å². The van der Waals surface area contributed by atoms with Crippen LogP contribution in [0.3, 0.4) is 0 Å². The van der Waals surface area contributed by atoms with Crippen LogP contribution in [0.25, 0.3) is 0 Å². The van der Waals surface area contributed by atoms with Gasteiger partial charge < -0.3 is 29.9 Å². The van der Waals surface area contributed by atoms with Gasteiger partial charge >= 0.3 is 23.9 Å². The van der Waals surface area contributed by atoms with E-state index in [4.69, 9.17) is 9.47 Å². The minimum Gasteiger partial charge on any atom is -0.478 e. The van der Waals surface area contributed by atoms with E-state index in [0.29, 0.717) is 11.1 Å². The number of carboxylic acids is 4. The molecule has 40 heavy (non-hydrogen) atoms. The smallest absolute Gasteiger partial charge is 0.340 e. The highest BCUT2D eigenvalue weighted by atomic mass is 16.5. The van der Waals surface area contributed by atoms with Gasteiger partial charge in [0.05, 0.1) is 22.3 Å². The van der Waals surface area contributed by atoms with Crippen molar-refractivity contribution < 1.29 is 49.1 Å². The predicted octanol–water partition coefficient (Wildman–Crippen LogP) is 5.46. The highest BCUT2D eigenvalue weighted by Crippen LogP contribution is 2.32. The fourth-order valence-electron chi connectivity index (χ4n) is 3.72. The van der Waals surface area contributed by atoms with Crippen molar-refractivity contribution in [2.45, 2.75) is 0 Å². The van der Waals surface area contributed by atoms with E-state index in [0.717, 1.165) is 12.1 Å². The van der Waals surface area contributed by atoms with E-state index in [1.807, 2.05) is 0 Å². The van der Waals surface area contributed by atoms with Crippen molar-refractivity contribution >= 4 is 23.9 Å². The summed E-state index contributed by atoms with van der Waals surface area (Å²) in [5.74, 6) is -0.0735. The minimum atomic E-state index is -1.48. The summed E-state index contributed by atoms with van der Waals surface area (Å²) in [6, 6.07) is 20.5. The Balaban J connectivity index is 1.72. The number of rotatable bonds is 8. The molecule has 0 radical (unpaired) electrons. The SMILES string of the molecule is O=C(O)c1cccc(Oc2ccccc2C#Cc2ccccc2Oc2cccc(C(=O)O)c2C(=O)O)c1C(=O)O. The van der Waals surface area contributed by atoms with Crippen LogP contribution in [0.15, 0.2) is 84.9 Å². The van der Waals surface area contributed by atoms with Crippen molar-refractivity contribution in [2.75, 3.05) is 0 Å². The Bertz CT molecular complexity index is 1600. The Labute approximate surface area is 226 Å². The van der Waals surface area contributed by atoms with Gasteiger partial charge in [0.15, 0.2) is 0 Å². The molecule has 4 N–H and O–H groups in total. The van der Waals surface area contributed by atoms with E-state index < -0.39 is 46.1 Å². The van der Waals surface area contributed by atoms with Crippen molar-refractivity contribution in [3.8, 4) is 34.8 Å². The zero-order chi connectivity index (χ0) is 28.8. The van der Waals surface area contributed by atoms with Crippen LogP contribution in [0.5, 0.6) is 23.0 Å². The van der Waals surface area contributed by atoms with Gasteiger partial charge in [0.2, 0.25) is 0 Å². The molecule has 0 unspecified atom stereocenters. The molecule has 0 aliphatic carbocycles. The average Bonchev–Trinajstić information content (AvgIpc) is 2.92. The van der Waals surface area contributed by atoms with Crippen molar-refractivity contribution in [1.29, 1.82) is 0 Å². The number of carbonyl (C=O) groups is 4. The van der Waals surface area contributed by atoms with Crippen LogP contribution in [0.4, 0.5) is 0 Å². The molecule has 0 atom stereocenters. The third-order valence-corrected chi connectivity index (χ3v) is 5.49. The van der Waals surface area contributed by atoms with Crippen molar-refractivity contribution in [2.24, 2.45) is 0 Å². The van der Waals surface area contributed by atoms with Gasteiger partial charge in [-0.25, -0.2) is 19.2 Å². The molecule has 4 aromatic carbocycles. The summed E-state index contributed by atoms with van der Waals surface area (Å²) >= 11 is 0. The van der Waals surface area contributed by atoms with Crippen LogP contribution >= 0.6 is 0 Å². The molecule has 0 fully saturated rings. The molecule has 4 rings (SSSR count). The minimum absolute atomic E-state index is 0.153. The highest BCUT2D eigenvalue weighted by molar-refractivity contribution is 6.04. The molecule has 0 saturated heterocycles. The van der Waals surface area contributed by atoms with Gasteiger partial charge in [-0.05, 0) is 48.5 Å². The number of hydrogen-bond acceptors (Lipinski definition) is 6. The van der Waals surface area contributed by atoms with Gasteiger partial charge in [0.25, 0.3) is 0 Å². The second-order valence-electron chi connectivity index (χ2n) is 8.02. The molecule has 0 aliphatic rings. The molecular formula is C30H18O10. The molecular weight excluding hydrogens is 520 g/mol. The lowest BCUT2D eigenvalue weighted by molar-refractivity contribution is 0.0649. The molecule has 0 saturated carbocycles. The third-order valence-electron chi connectivity index (χ3n) is 5.49. The molecule has 0 aliphatic heterocycles. The van der Waals surface area contributed by atoms with Crippen molar-refractivity contribution in [3.63, 3.8) is 0 Å². The predicted molar refractivity (Wildman–Crippen MR) is 140 cm³/mol. The fourth-order valence-corrected chi connectivity index (χ4v) is 3.72. The lowest BCUT2D eigenvalue weighted by Gasteiger charge is -2.12. The Morgan fingerprint density at radius 1 is 0.450 bits per heavy atom. The molecule has 0 aromatic heterocycles. The summed E-state index contributed by atoms with van der Waals surface area (Å²) in [5, 5.41) is 37.9. The van der Waals surface area contributed by atoms with Gasteiger partial charge in [0, 0.05) is 0 Å². The maximum atomic E-state index is 11.8. The zero-order valence-electron chi connectivity index (χ0n) is 20.3. The zero-order valence-corrected chi connectivity index (χ0v) is 20.3. The summed E-state index contributed by atoms with van der Waals surface area (Å²) in [6.45, 7) is 0. The number of benzene rings is 4. The molecule has 10 heteroatoms. The molecule has 0 amide bonds. The van der Waals surface area contributed by atoms with E-state index in [-0.39, 0.29) is 23.0 Å². The molecule has 4 aromatic rings. The van der Waals surface area contributed by atoms with Crippen LogP contribution in [0.2, 0.25) is 0 Å². The van der Waals surface area contributed by atoms with Crippen LogP contribution < -0.4 is 9.47 Å². The monoisotopic (exact) mass is 538 g/mol. The van der Waals surface area contributed by atoms with Gasteiger partial charge in [-0.2, -0.15) is 0 Å². The lowest BCUT2D eigenvalue weighted by Crippen LogP contribution is -2.09. The Morgan fingerprint density at radius 2 is 0.800 bits per heavy atom. The first kappa shape index (κ1) is 27.0. The maximum absolute atomic E-state index is 11.8.